The van der Waals surface area contributed by atoms with E-state index in [1.54, 1.807) is 45.4 Å². The minimum Gasteiger partial charge on any atom is -0.497 e. The number of likely N-dealkylation sites (N-methyl/N-ethyl adjacent to an activating group) is 1. The van der Waals surface area contributed by atoms with E-state index in [9.17, 15) is 9.59 Å². The van der Waals surface area contributed by atoms with E-state index in [-0.39, 0.29) is 11.8 Å². The number of carbonyl (C=O) groups is 2. The molecule has 1 fully saturated rings. The molecular weight excluding hydrogens is 420 g/mol. The van der Waals surface area contributed by atoms with Gasteiger partial charge in [0, 0.05) is 25.7 Å². The SMILES string of the molecule is COc1ccc(C2C(C(=O)N3CCC(C)CC3)c3cc(OC)c(OC)cc3C(=O)N2C)cc1. The molecule has 2 amide bonds. The van der Waals surface area contributed by atoms with Gasteiger partial charge in [0.05, 0.1) is 33.3 Å². The monoisotopic (exact) mass is 452 g/mol. The van der Waals surface area contributed by atoms with Crippen LogP contribution in [0.4, 0.5) is 0 Å². The van der Waals surface area contributed by atoms with Crippen LogP contribution in [0, 0.1) is 5.92 Å². The van der Waals surface area contributed by atoms with Crippen molar-refractivity contribution in [1.29, 1.82) is 0 Å². The van der Waals surface area contributed by atoms with Gasteiger partial charge in [0.2, 0.25) is 5.91 Å². The average Bonchev–Trinajstić information content (AvgIpc) is 2.85. The Morgan fingerprint density at radius 2 is 1.55 bits per heavy atom. The molecule has 2 aliphatic heterocycles. The lowest BCUT2D eigenvalue weighted by Crippen LogP contribution is -2.48. The van der Waals surface area contributed by atoms with Crippen molar-refractivity contribution in [1.82, 2.24) is 9.80 Å². The zero-order chi connectivity index (χ0) is 23.7. The van der Waals surface area contributed by atoms with Gasteiger partial charge in [-0.3, -0.25) is 9.59 Å². The second-order valence-electron chi connectivity index (χ2n) is 8.91. The number of hydrogen-bond donors (Lipinski definition) is 0. The Hall–Kier alpha value is -3.22. The van der Waals surface area contributed by atoms with Crippen LogP contribution < -0.4 is 14.2 Å². The molecule has 0 aliphatic carbocycles. The minimum atomic E-state index is -0.552. The number of benzene rings is 2. The maximum absolute atomic E-state index is 14.0. The molecule has 0 N–H and O–H groups in total. The van der Waals surface area contributed by atoms with Crippen LogP contribution in [0.25, 0.3) is 0 Å². The number of rotatable bonds is 5. The lowest BCUT2D eigenvalue weighted by atomic mass is 9.78. The van der Waals surface area contributed by atoms with Crippen LogP contribution in [-0.4, -0.2) is 63.1 Å². The number of nitrogens with zero attached hydrogens (tertiary/aromatic N) is 2. The molecule has 0 bridgehead atoms. The number of hydrogen-bond acceptors (Lipinski definition) is 5. The number of amides is 2. The van der Waals surface area contributed by atoms with Crippen LogP contribution in [0.3, 0.4) is 0 Å². The van der Waals surface area contributed by atoms with E-state index in [1.165, 1.54) is 0 Å². The van der Waals surface area contributed by atoms with Gasteiger partial charge in [-0.2, -0.15) is 0 Å². The number of likely N-dealkylation sites (tertiary alicyclic amines) is 1. The summed E-state index contributed by atoms with van der Waals surface area (Å²) in [6.45, 7) is 3.68. The molecule has 2 aromatic carbocycles. The van der Waals surface area contributed by atoms with E-state index in [4.69, 9.17) is 14.2 Å². The molecule has 0 aromatic heterocycles. The number of fused-ring (bicyclic) bond motifs is 1. The molecule has 2 unspecified atom stereocenters. The fourth-order valence-electron chi connectivity index (χ4n) is 4.96. The molecular formula is C26H32N2O5. The summed E-state index contributed by atoms with van der Waals surface area (Å²) in [4.78, 5) is 31.1. The highest BCUT2D eigenvalue weighted by Gasteiger charge is 2.45. The van der Waals surface area contributed by atoms with Crippen LogP contribution in [0.15, 0.2) is 36.4 Å². The van der Waals surface area contributed by atoms with Crippen molar-refractivity contribution in [2.24, 2.45) is 5.92 Å². The van der Waals surface area contributed by atoms with Crippen molar-refractivity contribution in [2.45, 2.75) is 31.7 Å². The quantitative estimate of drug-likeness (QED) is 0.689. The van der Waals surface area contributed by atoms with Gasteiger partial charge in [0.1, 0.15) is 5.75 Å². The Bertz CT molecular complexity index is 1030. The topological polar surface area (TPSA) is 68.3 Å². The third-order valence-corrected chi connectivity index (χ3v) is 6.99. The van der Waals surface area contributed by atoms with E-state index in [0.717, 1.165) is 37.2 Å². The second-order valence-corrected chi connectivity index (χ2v) is 8.91. The summed E-state index contributed by atoms with van der Waals surface area (Å²) in [5.41, 5.74) is 2.04. The van der Waals surface area contributed by atoms with Crippen LogP contribution in [-0.2, 0) is 4.79 Å². The maximum atomic E-state index is 14.0. The number of methoxy groups -OCH3 is 3. The third-order valence-electron chi connectivity index (χ3n) is 6.99. The Balaban J connectivity index is 1.86. The summed E-state index contributed by atoms with van der Waals surface area (Å²) in [5.74, 6) is 1.65. The molecule has 0 saturated carbocycles. The van der Waals surface area contributed by atoms with E-state index < -0.39 is 12.0 Å². The lowest BCUT2D eigenvalue weighted by molar-refractivity contribution is -0.135. The molecule has 0 radical (unpaired) electrons. The van der Waals surface area contributed by atoms with Crippen molar-refractivity contribution in [3.8, 4) is 17.2 Å². The summed E-state index contributed by atoms with van der Waals surface area (Å²) in [6, 6.07) is 10.6. The first-order chi connectivity index (χ1) is 15.9. The first-order valence-electron chi connectivity index (χ1n) is 11.3. The normalized spacial score (nSPS) is 20.9. The summed E-state index contributed by atoms with van der Waals surface area (Å²) >= 11 is 0. The van der Waals surface area contributed by atoms with E-state index in [1.807, 2.05) is 29.2 Å². The molecule has 7 nitrogen and oxygen atoms in total. The minimum absolute atomic E-state index is 0.0375. The first kappa shape index (κ1) is 23.0. The fourth-order valence-corrected chi connectivity index (χ4v) is 4.96. The van der Waals surface area contributed by atoms with E-state index in [2.05, 4.69) is 6.92 Å². The van der Waals surface area contributed by atoms with Crippen molar-refractivity contribution in [3.63, 3.8) is 0 Å². The Morgan fingerprint density at radius 3 is 2.12 bits per heavy atom. The summed E-state index contributed by atoms with van der Waals surface area (Å²) in [6.07, 6.45) is 1.97. The van der Waals surface area contributed by atoms with Gasteiger partial charge in [-0.1, -0.05) is 19.1 Å². The number of ether oxygens (including phenoxy) is 3. The van der Waals surface area contributed by atoms with Gasteiger partial charge < -0.3 is 24.0 Å². The highest BCUT2D eigenvalue weighted by molar-refractivity contribution is 6.02. The molecule has 33 heavy (non-hydrogen) atoms. The summed E-state index contributed by atoms with van der Waals surface area (Å²) in [5, 5.41) is 0. The van der Waals surface area contributed by atoms with Gasteiger partial charge in [-0.25, -0.2) is 0 Å². The van der Waals surface area contributed by atoms with E-state index >= 15 is 0 Å². The smallest absolute Gasteiger partial charge is 0.254 e. The molecule has 2 heterocycles. The predicted molar refractivity (Wildman–Crippen MR) is 125 cm³/mol. The van der Waals surface area contributed by atoms with Crippen molar-refractivity contribution in [2.75, 3.05) is 41.5 Å². The Kier molecular flexibility index (Phi) is 6.49. The Morgan fingerprint density at radius 1 is 0.939 bits per heavy atom. The average molecular weight is 453 g/mol. The molecule has 4 rings (SSSR count). The van der Waals surface area contributed by atoms with Crippen LogP contribution >= 0.6 is 0 Å². The summed E-state index contributed by atoms with van der Waals surface area (Å²) in [7, 11) is 6.48. The summed E-state index contributed by atoms with van der Waals surface area (Å²) < 4.78 is 16.3. The highest BCUT2D eigenvalue weighted by Crippen LogP contribution is 2.46. The zero-order valence-corrected chi connectivity index (χ0v) is 20.0. The fraction of sp³-hybridized carbons (Fsp3) is 0.462. The second kappa shape index (κ2) is 9.33. The van der Waals surface area contributed by atoms with Gasteiger partial charge >= 0.3 is 0 Å². The van der Waals surface area contributed by atoms with Crippen LogP contribution in [0.2, 0.25) is 0 Å². The number of carbonyl (C=O) groups excluding carboxylic acids is 2. The maximum Gasteiger partial charge on any atom is 0.254 e. The molecule has 176 valence electrons. The van der Waals surface area contributed by atoms with Crippen LogP contribution in [0.1, 0.15) is 53.2 Å². The van der Waals surface area contributed by atoms with Crippen LogP contribution in [0.5, 0.6) is 17.2 Å². The lowest BCUT2D eigenvalue weighted by Gasteiger charge is -2.43. The van der Waals surface area contributed by atoms with Crippen molar-refractivity contribution < 1.29 is 23.8 Å². The standard InChI is InChI=1S/C26H32N2O5/c1-16-10-12-28(13-11-16)26(30)23-19-14-21(32-4)22(33-5)15-20(19)25(29)27(2)24(23)17-6-8-18(31-3)9-7-17/h6-9,14-16,23-24H,10-13H2,1-5H3. The Labute approximate surface area is 195 Å². The number of piperidine rings is 1. The van der Waals surface area contributed by atoms with Gasteiger partial charge in [0.15, 0.2) is 11.5 Å². The van der Waals surface area contributed by atoms with Crippen molar-refractivity contribution in [3.05, 3.63) is 53.1 Å². The third kappa shape index (κ3) is 4.12. The van der Waals surface area contributed by atoms with E-state index in [0.29, 0.717) is 28.5 Å². The van der Waals surface area contributed by atoms with Crippen molar-refractivity contribution >= 4 is 11.8 Å². The van der Waals surface area contributed by atoms with Gasteiger partial charge in [0.25, 0.3) is 5.91 Å². The largest absolute Gasteiger partial charge is 0.497 e. The molecule has 2 aromatic rings. The predicted octanol–water partition coefficient (Wildman–Crippen LogP) is 3.88. The molecule has 7 heteroatoms. The molecule has 0 spiro atoms. The zero-order valence-electron chi connectivity index (χ0n) is 20.0. The molecule has 2 atom stereocenters. The van der Waals surface area contributed by atoms with Gasteiger partial charge in [-0.15, -0.1) is 0 Å². The molecule has 1 saturated heterocycles. The molecule has 2 aliphatic rings. The highest BCUT2D eigenvalue weighted by atomic mass is 16.5. The first-order valence-corrected chi connectivity index (χ1v) is 11.3. The van der Waals surface area contributed by atoms with Gasteiger partial charge in [-0.05, 0) is 54.2 Å².